The van der Waals surface area contributed by atoms with E-state index in [-0.39, 0.29) is 0 Å². The Hall–Kier alpha value is -0.0800. The van der Waals surface area contributed by atoms with E-state index < -0.39 is 0 Å². The van der Waals surface area contributed by atoms with E-state index in [4.69, 9.17) is 9.47 Å². The molecule has 0 radical (unpaired) electrons. The van der Waals surface area contributed by atoms with Crippen LogP contribution in [0.15, 0.2) is 0 Å². The van der Waals surface area contributed by atoms with Gasteiger partial charge in [-0.1, -0.05) is 40.5 Å². The van der Waals surface area contributed by atoms with Crippen molar-refractivity contribution in [3.05, 3.63) is 0 Å². The summed E-state index contributed by atoms with van der Waals surface area (Å²) in [4.78, 5) is 0. The summed E-state index contributed by atoms with van der Waals surface area (Å²) in [6.45, 7) is 10.9. The highest BCUT2D eigenvalue weighted by atomic mass is 16.5. The second kappa shape index (κ2) is 10.8. The third-order valence-electron chi connectivity index (χ3n) is 3.66. The van der Waals surface area contributed by atoms with Crippen molar-refractivity contribution in [1.82, 2.24) is 0 Å². The first-order valence-electron chi connectivity index (χ1n) is 7.49. The standard InChI is InChI=1S/C16H34O2/c1-13(2)7-9-15(11-17-5)16(12-18-6)10-8-14(3)4/h13-16H,7-12H2,1-6H3. The average Bonchev–Trinajstić information content (AvgIpc) is 2.29. The molecule has 0 saturated carbocycles. The molecule has 0 heterocycles. The predicted molar refractivity (Wildman–Crippen MR) is 78.9 cm³/mol. The van der Waals surface area contributed by atoms with Crippen molar-refractivity contribution in [2.24, 2.45) is 23.7 Å². The van der Waals surface area contributed by atoms with Crippen LogP contribution in [0.5, 0.6) is 0 Å². The van der Waals surface area contributed by atoms with Gasteiger partial charge in [-0.15, -0.1) is 0 Å². The lowest BCUT2D eigenvalue weighted by atomic mass is 9.83. The first-order chi connectivity index (χ1) is 8.51. The van der Waals surface area contributed by atoms with E-state index in [2.05, 4.69) is 27.7 Å². The molecule has 0 aliphatic heterocycles. The molecular weight excluding hydrogens is 224 g/mol. The SMILES string of the molecule is COCC(CCC(C)C)C(CCC(C)C)COC. The minimum Gasteiger partial charge on any atom is -0.384 e. The fourth-order valence-electron chi connectivity index (χ4n) is 2.43. The first-order valence-corrected chi connectivity index (χ1v) is 7.49. The van der Waals surface area contributed by atoms with Crippen LogP contribution in [0, 0.1) is 23.7 Å². The van der Waals surface area contributed by atoms with E-state index >= 15 is 0 Å². The molecule has 0 N–H and O–H groups in total. The van der Waals surface area contributed by atoms with Crippen LogP contribution < -0.4 is 0 Å². The summed E-state index contributed by atoms with van der Waals surface area (Å²) in [6, 6.07) is 0. The zero-order valence-corrected chi connectivity index (χ0v) is 13.4. The summed E-state index contributed by atoms with van der Waals surface area (Å²) in [7, 11) is 3.63. The average molecular weight is 258 g/mol. The van der Waals surface area contributed by atoms with E-state index in [0.717, 1.165) is 25.0 Å². The van der Waals surface area contributed by atoms with Crippen LogP contribution in [0.1, 0.15) is 53.4 Å². The fraction of sp³-hybridized carbons (Fsp3) is 1.00. The molecular formula is C16H34O2. The molecule has 2 unspecified atom stereocenters. The highest BCUT2D eigenvalue weighted by molar-refractivity contribution is 4.71. The molecule has 0 aromatic heterocycles. The highest BCUT2D eigenvalue weighted by Gasteiger charge is 2.21. The number of hydrogen-bond donors (Lipinski definition) is 0. The molecule has 2 heteroatoms. The quantitative estimate of drug-likeness (QED) is 0.547. The maximum absolute atomic E-state index is 5.41. The second-order valence-electron chi connectivity index (χ2n) is 6.37. The van der Waals surface area contributed by atoms with Crippen molar-refractivity contribution in [2.75, 3.05) is 27.4 Å². The lowest BCUT2D eigenvalue weighted by Crippen LogP contribution is -2.25. The van der Waals surface area contributed by atoms with Gasteiger partial charge in [0.1, 0.15) is 0 Å². The lowest BCUT2D eigenvalue weighted by Gasteiger charge is -2.27. The van der Waals surface area contributed by atoms with Gasteiger partial charge in [-0.3, -0.25) is 0 Å². The maximum Gasteiger partial charge on any atom is 0.0494 e. The smallest absolute Gasteiger partial charge is 0.0494 e. The molecule has 0 aliphatic carbocycles. The van der Waals surface area contributed by atoms with E-state index in [0.29, 0.717) is 11.8 Å². The van der Waals surface area contributed by atoms with Crippen LogP contribution >= 0.6 is 0 Å². The molecule has 0 amide bonds. The minimum atomic E-state index is 0.649. The van der Waals surface area contributed by atoms with E-state index in [1.807, 2.05) is 14.2 Å². The number of hydrogen-bond acceptors (Lipinski definition) is 2. The number of rotatable bonds is 11. The Bertz CT molecular complexity index is 158. The van der Waals surface area contributed by atoms with Gasteiger partial charge >= 0.3 is 0 Å². The largest absolute Gasteiger partial charge is 0.384 e. The van der Waals surface area contributed by atoms with E-state index in [9.17, 15) is 0 Å². The third kappa shape index (κ3) is 8.93. The second-order valence-corrected chi connectivity index (χ2v) is 6.37. The summed E-state index contributed by atoms with van der Waals surface area (Å²) in [5, 5.41) is 0. The lowest BCUT2D eigenvalue weighted by molar-refractivity contribution is 0.0568. The van der Waals surface area contributed by atoms with Gasteiger partial charge in [0.2, 0.25) is 0 Å². The Morgan fingerprint density at radius 1 is 0.611 bits per heavy atom. The topological polar surface area (TPSA) is 18.5 Å². The van der Waals surface area contributed by atoms with E-state index in [1.54, 1.807) is 0 Å². The van der Waals surface area contributed by atoms with Crippen molar-refractivity contribution < 1.29 is 9.47 Å². The van der Waals surface area contributed by atoms with Gasteiger partial charge in [0.05, 0.1) is 0 Å². The van der Waals surface area contributed by atoms with Gasteiger partial charge in [0.25, 0.3) is 0 Å². The van der Waals surface area contributed by atoms with Crippen LogP contribution in [0.2, 0.25) is 0 Å². The van der Waals surface area contributed by atoms with Crippen LogP contribution in [0.25, 0.3) is 0 Å². The Morgan fingerprint density at radius 2 is 0.944 bits per heavy atom. The number of ether oxygens (including phenoxy) is 2. The Balaban J connectivity index is 4.33. The highest BCUT2D eigenvalue weighted by Crippen LogP contribution is 2.26. The summed E-state index contributed by atoms with van der Waals surface area (Å²) in [6.07, 6.45) is 5.10. The summed E-state index contributed by atoms with van der Waals surface area (Å²) in [5.74, 6) is 2.85. The van der Waals surface area contributed by atoms with Crippen LogP contribution in [0.3, 0.4) is 0 Å². The molecule has 0 rings (SSSR count). The van der Waals surface area contributed by atoms with Crippen molar-refractivity contribution in [1.29, 1.82) is 0 Å². The number of methoxy groups -OCH3 is 2. The molecule has 0 bridgehead atoms. The van der Waals surface area contributed by atoms with Gasteiger partial charge in [0.15, 0.2) is 0 Å². The van der Waals surface area contributed by atoms with Crippen molar-refractivity contribution in [2.45, 2.75) is 53.4 Å². The van der Waals surface area contributed by atoms with Crippen LogP contribution in [0.4, 0.5) is 0 Å². The van der Waals surface area contributed by atoms with Gasteiger partial charge in [-0.2, -0.15) is 0 Å². The predicted octanol–water partition coefficient (Wildman–Crippen LogP) is 4.38. The zero-order valence-electron chi connectivity index (χ0n) is 13.4. The molecule has 0 aromatic carbocycles. The molecule has 0 aliphatic rings. The van der Waals surface area contributed by atoms with Crippen molar-refractivity contribution >= 4 is 0 Å². The van der Waals surface area contributed by atoms with E-state index in [1.165, 1.54) is 25.7 Å². The Morgan fingerprint density at radius 3 is 1.17 bits per heavy atom. The Kier molecular flexibility index (Phi) is 10.8. The summed E-state index contributed by atoms with van der Waals surface area (Å²) in [5.41, 5.74) is 0. The molecule has 0 spiro atoms. The molecule has 2 atom stereocenters. The molecule has 0 aromatic rings. The Labute approximate surface area is 114 Å². The monoisotopic (exact) mass is 258 g/mol. The van der Waals surface area contributed by atoms with Crippen molar-refractivity contribution in [3.63, 3.8) is 0 Å². The van der Waals surface area contributed by atoms with Gasteiger partial charge < -0.3 is 9.47 Å². The van der Waals surface area contributed by atoms with Gasteiger partial charge in [-0.05, 0) is 36.5 Å². The molecule has 2 nitrogen and oxygen atoms in total. The third-order valence-corrected chi connectivity index (χ3v) is 3.66. The molecule has 110 valence electrons. The van der Waals surface area contributed by atoms with Crippen LogP contribution in [-0.2, 0) is 9.47 Å². The fourth-order valence-corrected chi connectivity index (χ4v) is 2.43. The van der Waals surface area contributed by atoms with Gasteiger partial charge in [0, 0.05) is 27.4 Å². The summed E-state index contributed by atoms with van der Waals surface area (Å²) >= 11 is 0. The normalized spacial score (nSPS) is 15.3. The maximum atomic E-state index is 5.41. The summed E-state index contributed by atoms with van der Waals surface area (Å²) < 4.78 is 10.8. The molecule has 0 saturated heterocycles. The van der Waals surface area contributed by atoms with Crippen molar-refractivity contribution in [3.8, 4) is 0 Å². The van der Waals surface area contributed by atoms with Crippen LogP contribution in [-0.4, -0.2) is 27.4 Å². The first kappa shape index (κ1) is 17.9. The van der Waals surface area contributed by atoms with Gasteiger partial charge in [-0.25, -0.2) is 0 Å². The minimum absolute atomic E-state index is 0.649. The zero-order chi connectivity index (χ0) is 14.0. The molecule has 0 fully saturated rings. The molecule has 18 heavy (non-hydrogen) atoms.